The molecule has 4 heterocycles. The summed E-state index contributed by atoms with van der Waals surface area (Å²) < 4.78 is 103. The number of pyridine rings is 1. The van der Waals surface area contributed by atoms with E-state index < -0.39 is 52.8 Å². The van der Waals surface area contributed by atoms with Gasteiger partial charge in [-0.05, 0) is 103 Å². The number of hydrogen-bond donors (Lipinski definition) is 4. The molecule has 0 bridgehead atoms. The summed E-state index contributed by atoms with van der Waals surface area (Å²) >= 11 is 6.22. The third-order valence-electron chi connectivity index (χ3n) is 11.8. The van der Waals surface area contributed by atoms with E-state index in [-0.39, 0.29) is 22.5 Å². The number of nitrogens with one attached hydrogen (secondary N) is 4. The molecule has 1 unspecified atom stereocenters. The Morgan fingerprint density at radius 3 is 2.46 bits per heavy atom. The van der Waals surface area contributed by atoms with Crippen molar-refractivity contribution >= 4 is 65.3 Å². The fourth-order valence-electron chi connectivity index (χ4n) is 8.35. The maximum Gasteiger partial charge on any atom is 0.501 e. The van der Waals surface area contributed by atoms with Gasteiger partial charge in [0.1, 0.15) is 22.0 Å². The Morgan fingerprint density at radius 2 is 1.75 bits per heavy atom. The van der Waals surface area contributed by atoms with Gasteiger partial charge >= 0.3 is 5.51 Å². The lowest BCUT2D eigenvalue weighted by atomic mass is 9.72. The molecule has 8 rings (SSSR count). The van der Waals surface area contributed by atoms with Crippen LogP contribution < -0.4 is 25.0 Å². The van der Waals surface area contributed by atoms with Crippen molar-refractivity contribution in [1.29, 1.82) is 0 Å². The number of fused-ring (bicyclic) bond motifs is 1. The highest BCUT2D eigenvalue weighted by Gasteiger charge is 2.48. The number of aromatic nitrogens is 2. The third kappa shape index (κ3) is 9.84. The van der Waals surface area contributed by atoms with E-state index in [2.05, 4.69) is 56.4 Å². The fourth-order valence-corrected chi connectivity index (χ4v) is 10.5. The summed E-state index contributed by atoms with van der Waals surface area (Å²) in [6.45, 7) is 9.16. The van der Waals surface area contributed by atoms with E-state index >= 15 is 0 Å². The zero-order valence-corrected chi connectivity index (χ0v) is 36.9. The predicted octanol–water partition coefficient (Wildman–Crippen LogP) is 7.98. The number of ether oxygens (including phenoxy) is 1. The number of piperazine rings is 1. The van der Waals surface area contributed by atoms with Crippen molar-refractivity contribution < 1.29 is 39.5 Å². The normalized spacial score (nSPS) is 18.8. The monoisotopic (exact) mass is 925 g/mol. The first kappa shape index (κ1) is 44.5. The van der Waals surface area contributed by atoms with Gasteiger partial charge in [0.05, 0.1) is 22.3 Å². The number of aromatic amines is 1. The van der Waals surface area contributed by atoms with Crippen LogP contribution in [0.3, 0.4) is 0 Å². The van der Waals surface area contributed by atoms with Gasteiger partial charge in [0, 0.05) is 73.7 Å². The molecule has 2 fully saturated rings. The van der Waals surface area contributed by atoms with Crippen molar-refractivity contribution in [2.45, 2.75) is 60.9 Å². The number of hydrogen-bond acceptors (Lipinski definition) is 11. The molecule has 3 aromatic carbocycles. The van der Waals surface area contributed by atoms with E-state index in [4.69, 9.17) is 16.3 Å². The Labute approximate surface area is 369 Å². The molecule has 13 nitrogen and oxygen atoms in total. The van der Waals surface area contributed by atoms with E-state index in [1.54, 1.807) is 30.5 Å². The van der Waals surface area contributed by atoms with E-state index in [9.17, 15) is 34.8 Å². The Morgan fingerprint density at radius 1 is 0.984 bits per heavy atom. The minimum atomic E-state index is -6.01. The minimum Gasteiger partial charge on any atom is -0.455 e. The number of carbonyl (C=O) groups is 1. The SMILES string of the molecule is CC1(C)CCC(CN2CCN(c3ccc(C(=O)NS(=O)(=O)c4ccc(NC5CCNC5)c(S(=O)(=O)C(F)(F)F)c4)c(Oc4cnc5[nH]ccc5c4)c3)CC2)=C(c2ccc(Cl)cc2)C1. The zero-order valence-electron chi connectivity index (χ0n) is 34.6. The van der Waals surface area contributed by atoms with E-state index in [1.165, 1.54) is 29.0 Å². The molecule has 1 amide bonds. The summed E-state index contributed by atoms with van der Waals surface area (Å²) in [4.78, 5) is 23.7. The number of nitrogens with zero attached hydrogens (tertiary/aromatic N) is 3. The lowest BCUT2D eigenvalue weighted by Gasteiger charge is -2.39. The Kier molecular flexibility index (Phi) is 12.3. The number of sulfone groups is 1. The summed E-state index contributed by atoms with van der Waals surface area (Å²) in [6, 6.07) is 18.2. The molecular weight excluding hydrogens is 879 g/mol. The number of carbonyl (C=O) groups excluding carboxylic acids is 1. The van der Waals surface area contributed by atoms with Gasteiger partial charge in [-0.15, -0.1) is 0 Å². The molecule has 1 aliphatic carbocycles. The predicted molar refractivity (Wildman–Crippen MR) is 236 cm³/mol. The van der Waals surface area contributed by atoms with Crippen molar-refractivity contribution in [2.24, 2.45) is 5.41 Å². The average Bonchev–Trinajstić information content (AvgIpc) is 3.94. The number of amides is 1. The number of H-pyrrole nitrogens is 1. The maximum atomic E-state index is 13.9. The summed E-state index contributed by atoms with van der Waals surface area (Å²) in [5.41, 5.74) is -0.864. The van der Waals surface area contributed by atoms with Gasteiger partial charge in [0.25, 0.3) is 25.8 Å². The first-order valence-electron chi connectivity index (χ1n) is 20.5. The number of sulfonamides is 1. The molecular formula is C44H47ClF3N7O6S2. The standard InChI is InChI=1S/C44H47ClF3N7O6S2/c1-43(2)14-11-30(37(24-43)28-3-5-31(45)6-4-28)27-54-17-19-55(20-18-54)33-7-9-36(39(22-33)61-34-21-29-12-16-50-41(29)51-26-34)42(56)53-63(59,60)35-8-10-38(52-32-13-15-49-25-32)40(23-35)62(57,58)44(46,47)48/h3-10,12,16,21-23,26,32,49,52H,11,13-15,17-20,24-25,27H2,1-2H3,(H,50,51)(H,53,56). The molecule has 1 atom stereocenters. The quantitative estimate of drug-likeness (QED) is 0.0959. The van der Waals surface area contributed by atoms with Crippen LogP contribution in [-0.2, 0) is 19.9 Å². The molecule has 3 aliphatic rings. The highest BCUT2D eigenvalue weighted by molar-refractivity contribution is 7.92. The van der Waals surface area contributed by atoms with Crippen LogP contribution in [0.5, 0.6) is 11.5 Å². The lowest BCUT2D eigenvalue weighted by molar-refractivity contribution is -0.0435. The van der Waals surface area contributed by atoms with Crippen molar-refractivity contribution in [3.05, 3.63) is 107 Å². The van der Waals surface area contributed by atoms with Gasteiger partial charge in [-0.2, -0.15) is 13.2 Å². The van der Waals surface area contributed by atoms with Crippen LogP contribution in [0.2, 0.25) is 5.02 Å². The van der Waals surface area contributed by atoms with Gasteiger partial charge in [0.2, 0.25) is 0 Å². The molecule has 0 saturated carbocycles. The Bertz CT molecular complexity index is 2780. The molecule has 4 N–H and O–H groups in total. The van der Waals surface area contributed by atoms with Crippen molar-refractivity contribution in [1.82, 2.24) is 24.9 Å². The molecule has 2 aromatic heterocycles. The first-order chi connectivity index (χ1) is 29.8. The van der Waals surface area contributed by atoms with Crippen molar-refractivity contribution in [2.75, 3.05) is 56.0 Å². The van der Waals surface area contributed by atoms with Crippen molar-refractivity contribution in [3.63, 3.8) is 0 Å². The minimum absolute atomic E-state index is 0.00745. The van der Waals surface area contributed by atoms with Crippen LogP contribution in [0.1, 0.15) is 55.5 Å². The van der Waals surface area contributed by atoms with E-state index in [0.29, 0.717) is 55.0 Å². The fraction of sp³-hybridized carbons (Fsp3) is 0.364. The van der Waals surface area contributed by atoms with E-state index in [0.717, 1.165) is 56.4 Å². The lowest BCUT2D eigenvalue weighted by Crippen LogP contribution is -2.47. The second-order valence-corrected chi connectivity index (χ2v) is 21.0. The molecule has 2 aliphatic heterocycles. The van der Waals surface area contributed by atoms with Crippen LogP contribution in [0.4, 0.5) is 24.5 Å². The third-order valence-corrected chi connectivity index (χ3v) is 15.0. The molecule has 5 aromatic rings. The van der Waals surface area contributed by atoms with Crippen LogP contribution in [0.25, 0.3) is 16.6 Å². The molecule has 0 radical (unpaired) electrons. The first-order valence-corrected chi connectivity index (χ1v) is 23.9. The summed E-state index contributed by atoms with van der Waals surface area (Å²) in [7, 11) is -11.0. The highest BCUT2D eigenvalue weighted by atomic mass is 35.5. The van der Waals surface area contributed by atoms with Gasteiger partial charge < -0.3 is 25.3 Å². The average molecular weight is 926 g/mol. The largest absolute Gasteiger partial charge is 0.501 e. The number of anilines is 2. The second kappa shape index (κ2) is 17.4. The smallest absolute Gasteiger partial charge is 0.455 e. The Balaban J connectivity index is 1.04. The van der Waals surface area contributed by atoms with E-state index in [1.807, 2.05) is 16.9 Å². The second-order valence-electron chi connectivity index (χ2n) is 16.9. The van der Waals surface area contributed by atoms with Gasteiger partial charge in [-0.25, -0.2) is 26.5 Å². The van der Waals surface area contributed by atoms with Crippen molar-refractivity contribution in [3.8, 4) is 11.5 Å². The molecule has 2 saturated heterocycles. The summed E-state index contributed by atoms with van der Waals surface area (Å²) in [5, 5.41) is 7.22. The number of alkyl halides is 3. The number of halogens is 4. The van der Waals surface area contributed by atoms with Gasteiger partial charge in [-0.3, -0.25) is 9.69 Å². The number of rotatable bonds is 12. The number of benzene rings is 3. The van der Waals surface area contributed by atoms with Gasteiger partial charge in [0.15, 0.2) is 0 Å². The van der Waals surface area contributed by atoms with Crippen LogP contribution in [0, 0.1) is 5.41 Å². The van der Waals surface area contributed by atoms with Crippen LogP contribution in [0.15, 0.2) is 101 Å². The number of allylic oxidation sites excluding steroid dienone is 1. The highest BCUT2D eigenvalue weighted by Crippen LogP contribution is 2.44. The molecule has 0 spiro atoms. The van der Waals surface area contributed by atoms with Gasteiger partial charge in [-0.1, -0.05) is 43.2 Å². The molecule has 334 valence electrons. The maximum absolute atomic E-state index is 13.9. The molecule has 19 heteroatoms. The summed E-state index contributed by atoms with van der Waals surface area (Å²) in [6.07, 6.45) is 6.73. The summed E-state index contributed by atoms with van der Waals surface area (Å²) in [5.74, 6) is -0.909. The molecule has 63 heavy (non-hydrogen) atoms. The topological polar surface area (TPSA) is 166 Å². The van der Waals surface area contributed by atoms with Crippen LogP contribution in [-0.4, -0.2) is 95.0 Å². The van der Waals surface area contributed by atoms with Crippen LogP contribution >= 0.6 is 11.6 Å². The zero-order chi connectivity index (χ0) is 44.7. The Hall–Kier alpha value is -5.14.